The monoisotopic (exact) mass is 284 g/mol. The molecule has 0 fully saturated rings. The summed E-state index contributed by atoms with van der Waals surface area (Å²) in [5, 5.41) is 0. The van der Waals surface area contributed by atoms with E-state index in [0.29, 0.717) is 23.7 Å². The summed E-state index contributed by atoms with van der Waals surface area (Å²) in [6, 6.07) is 13.0. The second-order valence-electron chi connectivity index (χ2n) is 5.00. The smallest absolute Gasteiger partial charge is 0.347 e. The zero-order chi connectivity index (χ0) is 15.2. The Morgan fingerprint density at radius 3 is 2.57 bits per heavy atom. The van der Waals surface area contributed by atoms with Gasteiger partial charge < -0.3 is 9.47 Å². The number of para-hydroxylation sites is 1. The molecule has 0 heterocycles. The van der Waals surface area contributed by atoms with E-state index in [-0.39, 0.29) is 0 Å². The molecule has 21 heavy (non-hydrogen) atoms. The average Bonchev–Trinajstić information content (AvgIpc) is 2.49. The summed E-state index contributed by atoms with van der Waals surface area (Å²) in [5.41, 5.74) is 2.44. The van der Waals surface area contributed by atoms with Crippen molar-refractivity contribution in [1.82, 2.24) is 0 Å². The van der Waals surface area contributed by atoms with E-state index in [9.17, 15) is 4.79 Å². The molecule has 0 aliphatic carbocycles. The molecule has 110 valence electrons. The molecular formula is C18H20O3. The summed E-state index contributed by atoms with van der Waals surface area (Å²) in [5.74, 6) is 0.760. The molecule has 3 heteroatoms. The lowest BCUT2D eigenvalue weighted by atomic mass is 10.1. The van der Waals surface area contributed by atoms with Crippen LogP contribution in [0.3, 0.4) is 0 Å². The van der Waals surface area contributed by atoms with Gasteiger partial charge in [0.15, 0.2) is 0 Å². The fraction of sp³-hybridized carbons (Fsp3) is 0.278. The quantitative estimate of drug-likeness (QED) is 0.606. The molecule has 0 spiro atoms. The summed E-state index contributed by atoms with van der Waals surface area (Å²) in [6.07, 6.45) is 0.889. The van der Waals surface area contributed by atoms with E-state index in [2.05, 4.69) is 0 Å². The standard InChI is InChI=1S/C18H20O3/c1-4-11-20-16-8-6-5-7-15(16)18(19)21-17-12-13(2)9-10-14(17)3/h5-10,12H,4,11H2,1-3H3. The van der Waals surface area contributed by atoms with E-state index in [1.54, 1.807) is 18.2 Å². The van der Waals surface area contributed by atoms with Gasteiger partial charge in [-0.1, -0.05) is 31.2 Å². The predicted octanol–water partition coefficient (Wildman–Crippen LogP) is 4.31. The first-order valence-corrected chi connectivity index (χ1v) is 7.13. The first-order chi connectivity index (χ1) is 10.1. The topological polar surface area (TPSA) is 35.5 Å². The second-order valence-corrected chi connectivity index (χ2v) is 5.00. The SMILES string of the molecule is CCCOc1ccccc1C(=O)Oc1cc(C)ccc1C. The van der Waals surface area contributed by atoms with Crippen LogP contribution in [-0.4, -0.2) is 12.6 Å². The fourth-order valence-electron chi connectivity index (χ4n) is 1.95. The molecule has 2 aromatic rings. The van der Waals surface area contributed by atoms with Crippen molar-refractivity contribution in [2.75, 3.05) is 6.61 Å². The minimum Gasteiger partial charge on any atom is -0.493 e. The van der Waals surface area contributed by atoms with E-state index in [1.807, 2.05) is 45.0 Å². The van der Waals surface area contributed by atoms with E-state index < -0.39 is 5.97 Å². The fourth-order valence-corrected chi connectivity index (χ4v) is 1.95. The number of benzene rings is 2. The Morgan fingerprint density at radius 2 is 1.81 bits per heavy atom. The summed E-state index contributed by atoms with van der Waals surface area (Å²) in [7, 11) is 0. The van der Waals surface area contributed by atoms with Crippen LogP contribution in [0, 0.1) is 13.8 Å². The highest BCUT2D eigenvalue weighted by atomic mass is 16.5. The van der Waals surface area contributed by atoms with Crippen molar-refractivity contribution in [3.63, 3.8) is 0 Å². The van der Waals surface area contributed by atoms with Gasteiger partial charge >= 0.3 is 5.97 Å². The molecule has 2 rings (SSSR count). The van der Waals surface area contributed by atoms with Crippen LogP contribution < -0.4 is 9.47 Å². The van der Waals surface area contributed by atoms with Gasteiger partial charge in [-0.3, -0.25) is 0 Å². The van der Waals surface area contributed by atoms with Crippen molar-refractivity contribution < 1.29 is 14.3 Å². The first-order valence-electron chi connectivity index (χ1n) is 7.13. The van der Waals surface area contributed by atoms with Crippen molar-refractivity contribution in [1.29, 1.82) is 0 Å². The van der Waals surface area contributed by atoms with Crippen LogP contribution in [-0.2, 0) is 0 Å². The van der Waals surface area contributed by atoms with Gasteiger partial charge in [0.05, 0.1) is 6.61 Å². The van der Waals surface area contributed by atoms with E-state index in [1.165, 1.54) is 0 Å². The van der Waals surface area contributed by atoms with Crippen LogP contribution >= 0.6 is 0 Å². The molecular weight excluding hydrogens is 264 g/mol. The minimum absolute atomic E-state index is 0.393. The van der Waals surface area contributed by atoms with E-state index in [4.69, 9.17) is 9.47 Å². The van der Waals surface area contributed by atoms with Crippen LogP contribution in [0.25, 0.3) is 0 Å². The zero-order valence-electron chi connectivity index (χ0n) is 12.7. The molecule has 0 unspecified atom stereocenters. The van der Waals surface area contributed by atoms with Crippen molar-refractivity contribution >= 4 is 5.97 Å². The van der Waals surface area contributed by atoms with Crippen molar-refractivity contribution in [3.05, 3.63) is 59.2 Å². The number of aryl methyl sites for hydroxylation is 2. The predicted molar refractivity (Wildman–Crippen MR) is 83.1 cm³/mol. The molecule has 3 nitrogen and oxygen atoms in total. The van der Waals surface area contributed by atoms with Gasteiger partial charge in [-0.25, -0.2) is 4.79 Å². The Morgan fingerprint density at radius 1 is 1.05 bits per heavy atom. The van der Waals surface area contributed by atoms with Gasteiger partial charge in [-0.05, 0) is 49.6 Å². The molecule has 0 radical (unpaired) electrons. The van der Waals surface area contributed by atoms with Gasteiger partial charge in [0, 0.05) is 0 Å². The molecule has 0 amide bonds. The number of carbonyl (C=O) groups is 1. The normalized spacial score (nSPS) is 10.2. The van der Waals surface area contributed by atoms with Gasteiger partial charge in [0.1, 0.15) is 17.1 Å². The Kier molecular flexibility index (Phi) is 4.99. The Labute approximate surface area is 125 Å². The van der Waals surface area contributed by atoms with Crippen LogP contribution in [0.1, 0.15) is 34.8 Å². The third-order valence-corrected chi connectivity index (χ3v) is 3.11. The molecule has 0 saturated heterocycles. The maximum atomic E-state index is 12.4. The third-order valence-electron chi connectivity index (χ3n) is 3.11. The lowest BCUT2D eigenvalue weighted by Gasteiger charge is -2.12. The van der Waals surface area contributed by atoms with E-state index >= 15 is 0 Å². The second kappa shape index (κ2) is 6.93. The van der Waals surface area contributed by atoms with Gasteiger partial charge in [0.25, 0.3) is 0 Å². The molecule has 0 aliphatic rings. The van der Waals surface area contributed by atoms with Gasteiger partial charge in [-0.2, -0.15) is 0 Å². The highest BCUT2D eigenvalue weighted by molar-refractivity contribution is 5.94. The summed E-state index contributed by atoms with van der Waals surface area (Å²) >= 11 is 0. The summed E-state index contributed by atoms with van der Waals surface area (Å²) < 4.78 is 11.1. The van der Waals surface area contributed by atoms with Crippen LogP contribution in [0.5, 0.6) is 11.5 Å². The number of ether oxygens (including phenoxy) is 2. The molecule has 2 aromatic carbocycles. The summed E-state index contributed by atoms with van der Waals surface area (Å²) in [6.45, 7) is 6.49. The van der Waals surface area contributed by atoms with Crippen LogP contribution in [0.4, 0.5) is 0 Å². The lowest BCUT2D eigenvalue weighted by molar-refractivity contribution is 0.0729. The maximum absolute atomic E-state index is 12.4. The lowest BCUT2D eigenvalue weighted by Crippen LogP contribution is -2.12. The molecule has 0 aliphatic heterocycles. The number of hydrogen-bond donors (Lipinski definition) is 0. The molecule has 0 N–H and O–H groups in total. The van der Waals surface area contributed by atoms with Crippen LogP contribution in [0.15, 0.2) is 42.5 Å². The minimum atomic E-state index is -0.393. The Balaban J connectivity index is 2.22. The highest BCUT2D eigenvalue weighted by Crippen LogP contribution is 2.24. The summed E-state index contributed by atoms with van der Waals surface area (Å²) in [4.78, 5) is 12.4. The Hall–Kier alpha value is -2.29. The molecule has 0 atom stereocenters. The number of esters is 1. The maximum Gasteiger partial charge on any atom is 0.347 e. The van der Waals surface area contributed by atoms with Crippen molar-refractivity contribution in [2.45, 2.75) is 27.2 Å². The number of carbonyl (C=O) groups excluding carboxylic acids is 1. The number of hydrogen-bond acceptors (Lipinski definition) is 3. The van der Waals surface area contributed by atoms with Gasteiger partial charge in [0.2, 0.25) is 0 Å². The zero-order valence-corrected chi connectivity index (χ0v) is 12.7. The third kappa shape index (κ3) is 3.85. The van der Waals surface area contributed by atoms with Crippen LogP contribution in [0.2, 0.25) is 0 Å². The Bertz CT molecular complexity index is 632. The first kappa shape index (κ1) is 15.1. The van der Waals surface area contributed by atoms with Crippen molar-refractivity contribution in [3.8, 4) is 11.5 Å². The highest BCUT2D eigenvalue weighted by Gasteiger charge is 2.15. The molecule has 0 saturated carbocycles. The molecule has 0 bridgehead atoms. The van der Waals surface area contributed by atoms with E-state index in [0.717, 1.165) is 17.5 Å². The molecule has 0 aromatic heterocycles. The van der Waals surface area contributed by atoms with Crippen molar-refractivity contribution in [2.24, 2.45) is 0 Å². The number of rotatable bonds is 5. The largest absolute Gasteiger partial charge is 0.493 e. The van der Waals surface area contributed by atoms with Gasteiger partial charge in [-0.15, -0.1) is 0 Å². The average molecular weight is 284 g/mol.